The van der Waals surface area contributed by atoms with Gasteiger partial charge < -0.3 is 10.4 Å². The Kier molecular flexibility index (Phi) is 4.71. The minimum atomic E-state index is -0.164. The van der Waals surface area contributed by atoms with Crippen LogP contribution in [0.2, 0.25) is 5.15 Å². The molecule has 5 heteroatoms. The van der Waals surface area contributed by atoms with Crippen LogP contribution in [0, 0.1) is 5.92 Å². The number of hydrogen-bond donors (Lipinski definition) is 2. The third-order valence-electron chi connectivity index (χ3n) is 2.91. The third-order valence-corrected chi connectivity index (χ3v) is 3.14. The molecule has 1 aliphatic rings. The average molecular weight is 279 g/mol. The number of rotatable bonds is 4. The van der Waals surface area contributed by atoms with Crippen LogP contribution in [-0.4, -0.2) is 28.6 Å². The fraction of sp³-hybridized carbons (Fsp3) is 0.286. The van der Waals surface area contributed by atoms with Gasteiger partial charge in [0.15, 0.2) is 0 Å². The Balaban J connectivity index is 1.84. The number of aliphatic hydroxyl groups excluding tert-OH is 1. The summed E-state index contributed by atoms with van der Waals surface area (Å²) in [5.74, 6) is -0.0158. The van der Waals surface area contributed by atoms with Crippen LogP contribution in [0.4, 0.5) is 0 Å². The highest BCUT2D eigenvalue weighted by Gasteiger charge is 2.18. The topological polar surface area (TPSA) is 62.2 Å². The Hall–Kier alpha value is -1.65. The molecule has 0 bridgehead atoms. The molecule has 0 radical (unpaired) electrons. The van der Waals surface area contributed by atoms with Gasteiger partial charge in [-0.2, -0.15) is 0 Å². The zero-order valence-electron chi connectivity index (χ0n) is 10.3. The lowest BCUT2D eigenvalue weighted by Crippen LogP contribution is -2.31. The fourth-order valence-corrected chi connectivity index (χ4v) is 2.02. The van der Waals surface area contributed by atoms with Gasteiger partial charge in [0.25, 0.3) is 0 Å². The summed E-state index contributed by atoms with van der Waals surface area (Å²) in [7, 11) is 0. The van der Waals surface area contributed by atoms with E-state index in [1.54, 1.807) is 24.4 Å². The first-order chi connectivity index (χ1) is 9.17. The number of amides is 1. The van der Waals surface area contributed by atoms with Crippen molar-refractivity contribution in [2.24, 2.45) is 5.92 Å². The van der Waals surface area contributed by atoms with Crippen molar-refractivity contribution in [1.82, 2.24) is 10.3 Å². The summed E-state index contributed by atoms with van der Waals surface area (Å²) in [5.41, 5.74) is 0.815. The van der Waals surface area contributed by atoms with Gasteiger partial charge in [-0.1, -0.05) is 29.8 Å². The first-order valence-corrected chi connectivity index (χ1v) is 6.44. The monoisotopic (exact) mass is 278 g/mol. The second-order valence-corrected chi connectivity index (χ2v) is 4.81. The maximum atomic E-state index is 11.7. The molecule has 0 aliphatic heterocycles. The minimum Gasteiger partial charge on any atom is -0.396 e. The van der Waals surface area contributed by atoms with Crippen molar-refractivity contribution in [3.63, 3.8) is 0 Å². The van der Waals surface area contributed by atoms with E-state index in [0.29, 0.717) is 5.15 Å². The molecule has 1 aromatic heterocycles. The molecule has 0 aromatic carbocycles. The highest BCUT2D eigenvalue weighted by molar-refractivity contribution is 6.29. The van der Waals surface area contributed by atoms with E-state index >= 15 is 0 Å². The van der Waals surface area contributed by atoms with Gasteiger partial charge in [0.05, 0.1) is 0 Å². The summed E-state index contributed by atoms with van der Waals surface area (Å²) in [5, 5.41) is 12.3. The van der Waals surface area contributed by atoms with Crippen molar-refractivity contribution in [1.29, 1.82) is 0 Å². The molecule has 2 rings (SSSR count). The van der Waals surface area contributed by atoms with E-state index < -0.39 is 0 Å². The average Bonchev–Trinajstić information content (AvgIpc) is 2.86. The summed E-state index contributed by atoms with van der Waals surface area (Å²) in [6.07, 6.45) is 9.34. The largest absolute Gasteiger partial charge is 0.396 e. The Labute approximate surface area is 116 Å². The number of carbonyl (C=O) groups is 1. The van der Waals surface area contributed by atoms with Crippen LogP contribution in [0.3, 0.4) is 0 Å². The van der Waals surface area contributed by atoms with Crippen molar-refractivity contribution in [3.05, 3.63) is 47.3 Å². The maximum Gasteiger partial charge on any atom is 0.244 e. The summed E-state index contributed by atoms with van der Waals surface area (Å²) in [4.78, 5) is 15.6. The normalized spacial score (nSPS) is 22.0. The van der Waals surface area contributed by atoms with Gasteiger partial charge in [0.2, 0.25) is 5.91 Å². The van der Waals surface area contributed by atoms with E-state index in [4.69, 9.17) is 16.7 Å². The van der Waals surface area contributed by atoms with E-state index in [1.165, 1.54) is 6.08 Å². The van der Waals surface area contributed by atoms with Crippen LogP contribution in [0.25, 0.3) is 6.08 Å². The second-order valence-electron chi connectivity index (χ2n) is 4.43. The summed E-state index contributed by atoms with van der Waals surface area (Å²) >= 11 is 5.67. The molecular formula is C14H15ClN2O2. The molecular weight excluding hydrogens is 264 g/mol. The fourth-order valence-electron chi connectivity index (χ4n) is 1.91. The van der Waals surface area contributed by atoms with Gasteiger partial charge in [-0.15, -0.1) is 0 Å². The van der Waals surface area contributed by atoms with Gasteiger partial charge in [0, 0.05) is 30.8 Å². The van der Waals surface area contributed by atoms with Crippen LogP contribution < -0.4 is 5.32 Å². The van der Waals surface area contributed by atoms with Crippen LogP contribution >= 0.6 is 11.6 Å². The van der Waals surface area contributed by atoms with Crippen molar-refractivity contribution in [2.75, 3.05) is 6.61 Å². The van der Waals surface area contributed by atoms with Crippen LogP contribution in [0.1, 0.15) is 12.0 Å². The standard InChI is InChI=1S/C14H15ClN2O2/c15-13-5-2-10(8-16-13)3-6-14(19)17-12-4-1-11(7-12)9-18/h1-6,8,11-12,18H,7,9H2,(H,17,19)/b6-3+/t11-,12+/m0/s1. The van der Waals surface area contributed by atoms with Crippen LogP contribution in [0.5, 0.6) is 0 Å². The number of carbonyl (C=O) groups excluding carboxylic acids is 1. The predicted octanol–water partition coefficient (Wildman–Crippen LogP) is 1.80. The smallest absolute Gasteiger partial charge is 0.244 e. The maximum absolute atomic E-state index is 11.7. The van der Waals surface area contributed by atoms with Gasteiger partial charge in [0.1, 0.15) is 5.15 Å². The van der Waals surface area contributed by atoms with E-state index in [2.05, 4.69) is 10.3 Å². The molecule has 4 nitrogen and oxygen atoms in total. The number of aliphatic hydroxyl groups is 1. The van der Waals surface area contributed by atoms with Gasteiger partial charge in [-0.3, -0.25) is 4.79 Å². The van der Waals surface area contributed by atoms with Crippen molar-refractivity contribution in [2.45, 2.75) is 12.5 Å². The van der Waals surface area contributed by atoms with Crippen molar-refractivity contribution < 1.29 is 9.90 Å². The molecule has 1 heterocycles. The first-order valence-electron chi connectivity index (χ1n) is 6.06. The molecule has 1 aromatic rings. The molecule has 0 fully saturated rings. The number of aromatic nitrogens is 1. The lowest BCUT2D eigenvalue weighted by molar-refractivity contribution is -0.116. The SMILES string of the molecule is O=C(/C=C/c1ccc(Cl)nc1)N[C@@H]1C=C[C@H](CO)C1. The van der Waals surface area contributed by atoms with E-state index in [0.717, 1.165) is 12.0 Å². The molecule has 1 aliphatic carbocycles. The quantitative estimate of drug-likeness (QED) is 0.502. The molecule has 19 heavy (non-hydrogen) atoms. The van der Waals surface area contributed by atoms with E-state index in [-0.39, 0.29) is 24.5 Å². The highest BCUT2D eigenvalue weighted by Crippen LogP contribution is 2.16. The lowest BCUT2D eigenvalue weighted by atomic mass is 10.1. The van der Waals surface area contributed by atoms with Gasteiger partial charge >= 0.3 is 0 Å². The predicted molar refractivity (Wildman–Crippen MR) is 74.5 cm³/mol. The van der Waals surface area contributed by atoms with Crippen molar-refractivity contribution >= 4 is 23.6 Å². The number of nitrogens with zero attached hydrogens (tertiary/aromatic N) is 1. The lowest BCUT2D eigenvalue weighted by Gasteiger charge is -2.10. The highest BCUT2D eigenvalue weighted by atomic mass is 35.5. The molecule has 0 spiro atoms. The Morgan fingerprint density at radius 1 is 1.53 bits per heavy atom. The summed E-state index contributed by atoms with van der Waals surface area (Å²) in [6, 6.07) is 3.46. The second kappa shape index (κ2) is 6.50. The molecule has 2 atom stereocenters. The number of pyridine rings is 1. The molecule has 2 N–H and O–H groups in total. The Bertz CT molecular complexity index is 497. The Morgan fingerprint density at radius 2 is 2.37 bits per heavy atom. The Morgan fingerprint density at radius 3 is 3.00 bits per heavy atom. The van der Waals surface area contributed by atoms with E-state index in [9.17, 15) is 4.79 Å². The summed E-state index contributed by atoms with van der Waals surface area (Å²) in [6.45, 7) is 0.120. The molecule has 0 saturated heterocycles. The molecule has 1 amide bonds. The zero-order valence-corrected chi connectivity index (χ0v) is 11.0. The van der Waals surface area contributed by atoms with Gasteiger partial charge in [-0.05, 0) is 24.1 Å². The third kappa shape index (κ3) is 4.19. The number of hydrogen-bond acceptors (Lipinski definition) is 3. The van der Waals surface area contributed by atoms with Crippen LogP contribution in [-0.2, 0) is 4.79 Å². The van der Waals surface area contributed by atoms with Crippen LogP contribution in [0.15, 0.2) is 36.6 Å². The number of nitrogens with one attached hydrogen (secondary N) is 1. The minimum absolute atomic E-state index is 0.00218. The van der Waals surface area contributed by atoms with E-state index in [1.807, 2.05) is 12.2 Å². The number of halogens is 1. The first kappa shape index (κ1) is 13.8. The summed E-state index contributed by atoms with van der Waals surface area (Å²) < 4.78 is 0. The zero-order chi connectivity index (χ0) is 13.7. The molecule has 0 unspecified atom stereocenters. The molecule has 0 saturated carbocycles. The molecule has 100 valence electrons. The van der Waals surface area contributed by atoms with Gasteiger partial charge in [-0.25, -0.2) is 4.98 Å². The van der Waals surface area contributed by atoms with Crippen molar-refractivity contribution in [3.8, 4) is 0 Å².